The van der Waals surface area contributed by atoms with Crippen molar-refractivity contribution in [2.45, 2.75) is 65.1 Å². The molecule has 0 saturated heterocycles. The lowest BCUT2D eigenvalue weighted by Gasteiger charge is -2.34. The lowest BCUT2D eigenvalue weighted by atomic mass is 9.82. The second-order valence-corrected chi connectivity index (χ2v) is 15.0. The van der Waals surface area contributed by atoms with Crippen molar-refractivity contribution in [3.8, 4) is 23.0 Å². The summed E-state index contributed by atoms with van der Waals surface area (Å²) in [5.41, 5.74) is 0.0114. The molecule has 0 aliphatic heterocycles. The molecular weight excluding hydrogens is 761 g/mol. The molecule has 2 unspecified atom stereocenters. The standard InChI is InChI=1S/C44H42Cl2F6O3/c1-41(2,25-13-23-39(45)43(47,48)49)29-37(31-15-11-21-35(27-31)53-33-17-7-5-8-18-33)55-38(30-42(3,4)26-14-24-40(46)44(50,51)52)32-16-12-22-36(28-32)54-34-19-9-6-10-20-34/h5-28,37-38H,29-30H2,1-4H3. The summed E-state index contributed by atoms with van der Waals surface area (Å²) in [5.74, 6) is 2.32. The van der Waals surface area contributed by atoms with Crippen LogP contribution in [0.2, 0.25) is 0 Å². The zero-order valence-corrected chi connectivity index (χ0v) is 32.2. The minimum atomic E-state index is -4.68. The van der Waals surface area contributed by atoms with E-state index in [1.165, 1.54) is 12.2 Å². The van der Waals surface area contributed by atoms with E-state index in [0.717, 1.165) is 23.3 Å². The van der Waals surface area contributed by atoms with Gasteiger partial charge in [-0.25, -0.2) is 0 Å². The van der Waals surface area contributed by atoms with E-state index < -0.39 is 45.5 Å². The number of benzene rings is 4. The predicted molar refractivity (Wildman–Crippen MR) is 208 cm³/mol. The Kier molecular flexibility index (Phi) is 14.9. The van der Waals surface area contributed by atoms with Gasteiger partial charge in [0.1, 0.15) is 33.1 Å². The second kappa shape index (κ2) is 18.9. The first-order valence-electron chi connectivity index (χ1n) is 17.4. The van der Waals surface area contributed by atoms with Crippen molar-refractivity contribution in [3.63, 3.8) is 0 Å². The second-order valence-electron chi connectivity index (χ2n) is 14.2. The number of hydrogen-bond donors (Lipinski definition) is 0. The Bertz CT molecular complexity index is 1810. The van der Waals surface area contributed by atoms with Crippen molar-refractivity contribution in [2.75, 3.05) is 0 Å². The van der Waals surface area contributed by atoms with Crippen LogP contribution in [0.25, 0.3) is 0 Å². The van der Waals surface area contributed by atoms with E-state index in [-0.39, 0.29) is 0 Å². The average Bonchev–Trinajstić information content (AvgIpc) is 3.11. The quantitative estimate of drug-likeness (QED) is 0.0834. The molecule has 0 saturated carbocycles. The molecule has 0 fully saturated rings. The van der Waals surface area contributed by atoms with Gasteiger partial charge in [0, 0.05) is 0 Å². The third-order valence-corrected chi connectivity index (χ3v) is 8.97. The highest BCUT2D eigenvalue weighted by Gasteiger charge is 2.33. The van der Waals surface area contributed by atoms with E-state index in [1.54, 1.807) is 24.3 Å². The number of alkyl halides is 6. The van der Waals surface area contributed by atoms with E-state index in [1.807, 2.05) is 125 Å². The van der Waals surface area contributed by atoms with Crippen molar-refractivity contribution >= 4 is 23.2 Å². The number of ether oxygens (including phenoxy) is 3. The maximum absolute atomic E-state index is 13.1. The molecule has 4 rings (SSSR count). The van der Waals surface area contributed by atoms with Crippen LogP contribution >= 0.6 is 23.2 Å². The molecule has 55 heavy (non-hydrogen) atoms. The van der Waals surface area contributed by atoms with Crippen molar-refractivity contribution in [1.82, 2.24) is 0 Å². The Balaban J connectivity index is 1.77. The molecule has 0 bridgehead atoms. The maximum Gasteiger partial charge on any atom is 0.426 e. The summed E-state index contributed by atoms with van der Waals surface area (Å²) in [4.78, 5) is 0. The number of hydrogen-bond acceptors (Lipinski definition) is 3. The molecule has 0 aliphatic rings. The van der Waals surface area contributed by atoms with Gasteiger partial charge in [0.25, 0.3) is 0 Å². The van der Waals surface area contributed by atoms with E-state index in [4.69, 9.17) is 37.4 Å². The van der Waals surface area contributed by atoms with Crippen LogP contribution in [-0.2, 0) is 4.74 Å². The number of para-hydroxylation sites is 2. The normalized spacial score (nSPS) is 14.7. The molecule has 0 spiro atoms. The minimum Gasteiger partial charge on any atom is -0.457 e. The van der Waals surface area contributed by atoms with Crippen molar-refractivity contribution in [3.05, 3.63) is 167 Å². The molecule has 0 N–H and O–H groups in total. The molecule has 0 aliphatic carbocycles. The van der Waals surface area contributed by atoms with Gasteiger partial charge in [-0.2, -0.15) is 26.3 Å². The fraction of sp³-hybridized carbons (Fsp3) is 0.273. The van der Waals surface area contributed by atoms with Crippen LogP contribution in [0.4, 0.5) is 26.3 Å². The summed E-state index contributed by atoms with van der Waals surface area (Å²) in [5, 5.41) is -2.50. The van der Waals surface area contributed by atoms with E-state index in [2.05, 4.69) is 0 Å². The van der Waals surface area contributed by atoms with Crippen LogP contribution in [-0.4, -0.2) is 12.4 Å². The lowest BCUT2D eigenvalue weighted by Crippen LogP contribution is -2.21. The van der Waals surface area contributed by atoms with Gasteiger partial charge < -0.3 is 14.2 Å². The predicted octanol–water partition coefficient (Wildman–Crippen LogP) is 15.4. The average molecular weight is 804 g/mol. The van der Waals surface area contributed by atoms with Gasteiger partial charge in [-0.15, -0.1) is 0 Å². The van der Waals surface area contributed by atoms with Gasteiger partial charge in [-0.1, -0.05) is 136 Å². The Morgan fingerprint density at radius 3 is 1.22 bits per heavy atom. The van der Waals surface area contributed by atoms with Gasteiger partial charge in [0.05, 0.1) is 12.2 Å². The topological polar surface area (TPSA) is 27.7 Å². The molecule has 11 heteroatoms. The van der Waals surface area contributed by atoms with Crippen molar-refractivity contribution < 1.29 is 40.6 Å². The summed E-state index contributed by atoms with van der Waals surface area (Å²) in [6.45, 7) is 7.47. The van der Waals surface area contributed by atoms with Crippen LogP contribution in [0.5, 0.6) is 23.0 Å². The highest BCUT2D eigenvalue weighted by molar-refractivity contribution is 6.30. The molecule has 2 atom stereocenters. The highest BCUT2D eigenvalue weighted by Crippen LogP contribution is 2.43. The largest absolute Gasteiger partial charge is 0.457 e. The van der Waals surface area contributed by atoms with E-state index >= 15 is 0 Å². The van der Waals surface area contributed by atoms with Crippen LogP contribution in [0.1, 0.15) is 63.9 Å². The third kappa shape index (κ3) is 14.6. The fourth-order valence-corrected chi connectivity index (χ4v) is 5.71. The van der Waals surface area contributed by atoms with Crippen LogP contribution in [0.3, 0.4) is 0 Å². The maximum atomic E-state index is 13.1. The number of allylic oxidation sites excluding steroid dienone is 8. The zero-order valence-electron chi connectivity index (χ0n) is 30.7. The molecule has 0 radical (unpaired) electrons. The number of halogens is 8. The first-order valence-corrected chi connectivity index (χ1v) is 18.1. The molecule has 4 aromatic carbocycles. The molecular formula is C44H42Cl2F6O3. The molecule has 4 aromatic rings. The Hall–Kier alpha value is -4.44. The van der Waals surface area contributed by atoms with Crippen molar-refractivity contribution in [2.24, 2.45) is 10.8 Å². The Labute approximate surface area is 328 Å². The highest BCUT2D eigenvalue weighted by atomic mass is 35.5. The summed E-state index contributed by atoms with van der Waals surface area (Å²) < 4.78 is 98.0. The monoisotopic (exact) mass is 802 g/mol. The lowest BCUT2D eigenvalue weighted by molar-refractivity contribution is -0.0854. The number of rotatable bonds is 16. The van der Waals surface area contributed by atoms with Gasteiger partial charge in [0.15, 0.2) is 0 Å². The van der Waals surface area contributed by atoms with Gasteiger partial charge in [-0.05, 0) is 95.5 Å². The Morgan fingerprint density at radius 2 is 0.873 bits per heavy atom. The summed E-state index contributed by atoms with van der Waals surface area (Å²) in [6, 6.07) is 33.1. The smallest absolute Gasteiger partial charge is 0.426 e. The van der Waals surface area contributed by atoms with Crippen LogP contribution < -0.4 is 9.47 Å². The first kappa shape index (κ1) is 43.3. The zero-order chi connectivity index (χ0) is 40.3. The molecule has 0 aromatic heterocycles. The molecule has 0 heterocycles. The minimum absolute atomic E-state index is 0.298. The van der Waals surface area contributed by atoms with Crippen LogP contribution in [0.15, 0.2) is 156 Å². The summed E-state index contributed by atoms with van der Waals surface area (Å²) >= 11 is 10.9. The van der Waals surface area contributed by atoms with Gasteiger partial charge in [-0.3, -0.25) is 0 Å². The summed E-state index contributed by atoms with van der Waals surface area (Å²) in [7, 11) is 0. The van der Waals surface area contributed by atoms with Crippen LogP contribution in [0, 0.1) is 10.8 Å². The SMILES string of the molecule is CC(C)(C=CC=C(Cl)C(F)(F)F)CC(OC(CC(C)(C)C=CC=C(Cl)C(F)(F)F)c1cccc(Oc2ccccc2)c1)c1cccc(Oc2ccccc2)c1. The molecule has 3 nitrogen and oxygen atoms in total. The molecule has 292 valence electrons. The first-order chi connectivity index (χ1) is 25.8. The fourth-order valence-electron chi connectivity index (χ4n) is 5.56. The Morgan fingerprint density at radius 1 is 0.527 bits per heavy atom. The summed E-state index contributed by atoms with van der Waals surface area (Å²) in [6.07, 6.45) is -2.65. The van der Waals surface area contributed by atoms with Crippen molar-refractivity contribution in [1.29, 1.82) is 0 Å². The third-order valence-electron chi connectivity index (χ3n) is 8.29. The molecule has 0 amide bonds. The van der Waals surface area contributed by atoms with E-state index in [9.17, 15) is 26.3 Å². The van der Waals surface area contributed by atoms with E-state index in [0.29, 0.717) is 35.8 Å². The van der Waals surface area contributed by atoms with Gasteiger partial charge >= 0.3 is 12.4 Å². The van der Waals surface area contributed by atoms with Gasteiger partial charge in [0.2, 0.25) is 0 Å².